The molecule has 0 saturated heterocycles. The second kappa shape index (κ2) is 8.44. The Morgan fingerprint density at radius 1 is 1.04 bits per heavy atom. The van der Waals surface area contributed by atoms with Gasteiger partial charge in [-0.05, 0) is 48.6 Å². The number of aliphatic carboxylic acids is 1. The zero-order valence-electron chi connectivity index (χ0n) is 12.8. The van der Waals surface area contributed by atoms with Crippen LogP contribution in [0, 0.1) is 13.8 Å². The Labute approximate surface area is 151 Å². The van der Waals surface area contributed by atoms with Gasteiger partial charge in [0.15, 0.2) is 0 Å². The molecule has 6 heteroatoms. The molecule has 3 nitrogen and oxygen atoms in total. The summed E-state index contributed by atoms with van der Waals surface area (Å²) < 4.78 is -2.17. The first-order valence-corrected chi connectivity index (χ1v) is 7.95. The summed E-state index contributed by atoms with van der Waals surface area (Å²) in [6.45, 7) is 4.23. The molecule has 3 N–H and O–H groups in total. The summed E-state index contributed by atoms with van der Waals surface area (Å²) in [6.07, 6.45) is 0.980. The molecule has 0 aliphatic carbocycles. The molecule has 2 rings (SSSR count). The zero-order chi connectivity index (χ0) is 17.6. The topological polar surface area (TPSA) is 63.3 Å². The van der Waals surface area contributed by atoms with Gasteiger partial charge in [-0.15, -0.1) is 0 Å². The highest BCUT2D eigenvalue weighted by atomic mass is 35.6. The Bertz CT molecular complexity index is 668. The number of carboxylic acid groups (broad SMARTS) is 1. The molecule has 0 radical (unpaired) electrons. The summed E-state index contributed by atoms with van der Waals surface area (Å²) in [5, 5.41) is 7.85. The standard InChI is InChI=1S/C15H17N.C2HCl3O2/c1-11-12(2)15(16)9-8-14(11)10-13-6-4-3-5-7-13;3-2(4,5)1(6)7/h3-9H,10,16H2,1-2H3;(H,6,7). The highest BCUT2D eigenvalue weighted by molar-refractivity contribution is 6.75. The third-order valence-corrected chi connectivity index (χ3v) is 3.91. The van der Waals surface area contributed by atoms with Gasteiger partial charge < -0.3 is 10.8 Å². The van der Waals surface area contributed by atoms with Gasteiger partial charge in [-0.3, -0.25) is 0 Å². The molecular weight excluding hydrogens is 357 g/mol. The van der Waals surface area contributed by atoms with Crippen LogP contribution in [0.4, 0.5) is 5.69 Å². The van der Waals surface area contributed by atoms with Crippen molar-refractivity contribution in [3.8, 4) is 0 Å². The van der Waals surface area contributed by atoms with E-state index in [4.69, 9.17) is 45.6 Å². The van der Waals surface area contributed by atoms with E-state index in [9.17, 15) is 4.79 Å². The summed E-state index contributed by atoms with van der Waals surface area (Å²) in [4.78, 5) is 9.62. The van der Waals surface area contributed by atoms with Crippen LogP contribution in [0.15, 0.2) is 42.5 Å². The van der Waals surface area contributed by atoms with Crippen LogP contribution >= 0.6 is 34.8 Å². The van der Waals surface area contributed by atoms with Gasteiger partial charge in [0.2, 0.25) is 0 Å². The fourth-order valence-electron chi connectivity index (χ4n) is 1.90. The molecule has 124 valence electrons. The molecule has 0 spiro atoms. The van der Waals surface area contributed by atoms with Crippen LogP contribution in [0.1, 0.15) is 22.3 Å². The number of anilines is 1. The van der Waals surface area contributed by atoms with E-state index in [-0.39, 0.29) is 0 Å². The molecule has 0 amide bonds. The molecular formula is C17H18Cl3NO2. The molecule has 0 atom stereocenters. The van der Waals surface area contributed by atoms with Crippen molar-refractivity contribution in [1.82, 2.24) is 0 Å². The molecule has 0 bridgehead atoms. The van der Waals surface area contributed by atoms with E-state index >= 15 is 0 Å². The maximum absolute atomic E-state index is 9.62. The number of benzene rings is 2. The molecule has 0 heterocycles. The van der Waals surface area contributed by atoms with Crippen LogP contribution in [0.2, 0.25) is 0 Å². The smallest absolute Gasteiger partial charge is 0.356 e. The second-order valence-corrected chi connectivity index (χ2v) is 7.31. The SMILES string of the molecule is Cc1c(N)ccc(Cc2ccccc2)c1C.O=C(O)C(Cl)(Cl)Cl. The molecule has 0 aromatic heterocycles. The lowest BCUT2D eigenvalue weighted by Gasteiger charge is -2.11. The minimum atomic E-state index is -2.17. The summed E-state index contributed by atoms with van der Waals surface area (Å²) in [6, 6.07) is 14.6. The number of nitrogens with two attached hydrogens (primary N) is 1. The third-order valence-electron chi connectivity index (χ3n) is 3.42. The van der Waals surface area contributed by atoms with E-state index in [0.29, 0.717) is 0 Å². The lowest BCUT2D eigenvalue weighted by Crippen LogP contribution is -2.16. The van der Waals surface area contributed by atoms with Crippen molar-refractivity contribution >= 4 is 46.5 Å². The molecule has 23 heavy (non-hydrogen) atoms. The monoisotopic (exact) mass is 373 g/mol. The van der Waals surface area contributed by atoms with Gasteiger partial charge >= 0.3 is 5.97 Å². The van der Waals surface area contributed by atoms with E-state index in [2.05, 4.69) is 44.2 Å². The first-order valence-electron chi connectivity index (χ1n) is 6.81. The summed E-state index contributed by atoms with van der Waals surface area (Å²) in [7, 11) is 0. The number of nitrogen functional groups attached to an aromatic ring is 1. The lowest BCUT2D eigenvalue weighted by atomic mass is 9.96. The van der Waals surface area contributed by atoms with Gasteiger partial charge in [0.25, 0.3) is 3.79 Å². The normalized spacial score (nSPS) is 10.7. The second-order valence-electron chi connectivity index (χ2n) is 5.03. The van der Waals surface area contributed by atoms with E-state index in [1.807, 2.05) is 12.1 Å². The van der Waals surface area contributed by atoms with Crippen molar-refractivity contribution in [3.63, 3.8) is 0 Å². The van der Waals surface area contributed by atoms with Crippen molar-refractivity contribution < 1.29 is 9.90 Å². The van der Waals surface area contributed by atoms with Gasteiger partial charge in [-0.25, -0.2) is 4.79 Å². The summed E-state index contributed by atoms with van der Waals surface area (Å²) in [5.74, 6) is -1.46. The van der Waals surface area contributed by atoms with Gasteiger partial charge in [-0.2, -0.15) is 0 Å². The minimum Gasteiger partial charge on any atom is -0.478 e. The zero-order valence-corrected chi connectivity index (χ0v) is 15.1. The number of hydrogen-bond donors (Lipinski definition) is 2. The Kier molecular flexibility index (Phi) is 7.20. The van der Waals surface area contributed by atoms with Gasteiger partial charge in [0.05, 0.1) is 0 Å². The number of carbonyl (C=O) groups is 1. The van der Waals surface area contributed by atoms with E-state index < -0.39 is 9.76 Å². The van der Waals surface area contributed by atoms with Gasteiger partial charge in [0, 0.05) is 5.69 Å². The first kappa shape index (κ1) is 19.6. The number of alkyl halides is 3. The Morgan fingerprint density at radius 2 is 1.57 bits per heavy atom. The molecule has 0 unspecified atom stereocenters. The van der Waals surface area contributed by atoms with Gasteiger partial charge in [-0.1, -0.05) is 71.2 Å². The van der Waals surface area contributed by atoms with Crippen LogP contribution in [-0.4, -0.2) is 14.9 Å². The van der Waals surface area contributed by atoms with E-state index in [1.54, 1.807) is 0 Å². The fourth-order valence-corrected chi connectivity index (χ4v) is 1.90. The predicted molar refractivity (Wildman–Crippen MR) is 97.5 cm³/mol. The number of rotatable bonds is 2. The maximum Gasteiger partial charge on any atom is 0.356 e. The predicted octanol–water partition coefficient (Wildman–Crippen LogP) is 4.92. The molecule has 0 aliphatic rings. The van der Waals surface area contributed by atoms with Crippen molar-refractivity contribution in [2.45, 2.75) is 24.1 Å². The van der Waals surface area contributed by atoms with Crippen molar-refractivity contribution in [3.05, 3.63) is 64.7 Å². The maximum atomic E-state index is 9.62. The van der Waals surface area contributed by atoms with Crippen LogP contribution in [0.5, 0.6) is 0 Å². The Balaban J connectivity index is 0.000000322. The lowest BCUT2D eigenvalue weighted by molar-refractivity contribution is -0.135. The third kappa shape index (κ3) is 6.30. The summed E-state index contributed by atoms with van der Waals surface area (Å²) in [5.41, 5.74) is 12.0. The van der Waals surface area contributed by atoms with Crippen molar-refractivity contribution in [1.29, 1.82) is 0 Å². The molecule has 0 aliphatic heterocycles. The molecule has 0 fully saturated rings. The number of carboxylic acids is 1. The number of hydrogen-bond acceptors (Lipinski definition) is 2. The van der Waals surface area contributed by atoms with E-state index in [1.165, 1.54) is 22.3 Å². The van der Waals surface area contributed by atoms with E-state index in [0.717, 1.165) is 12.1 Å². The Morgan fingerprint density at radius 3 is 2.04 bits per heavy atom. The first-order chi connectivity index (χ1) is 10.6. The minimum absolute atomic E-state index is 0.884. The summed E-state index contributed by atoms with van der Waals surface area (Å²) >= 11 is 14.4. The van der Waals surface area contributed by atoms with Crippen LogP contribution in [-0.2, 0) is 11.2 Å². The molecule has 2 aromatic rings. The Hall–Kier alpha value is -1.42. The highest BCUT2D eigenvalue weighted by Gasteiger charge is 2.29. The number of halogens is 3. The quantitative estimate of drug-likeness (QED) is 0.579. The fraction of sp³-hybridized carbons (Fsp3) is 0.235. The molecule has 0 saturated carbocycles. The van der Waals surface area contributed by atoms with Gasteiger partial charge in [0.1, 0.15) is 0 Å². The van der Waals surface area contributed by atoms with Crippen molar-refractivity contribution in [2.24, 2.45) is 0 Å². The average Bonchev–Trinajstić information content (AvgIpc) is 2.49. The average molecular weight is 375 g/mol. The van der Waals surface area contributed by atoms with Crippen LogP contribution < -0.4 is 5.73 Å². The highest BCUT2D eigenvalue weighted by Crippen LogP contribution is 2.25. The molecule has 2 aromatic carbocycles. The largest absolute Gasteiger partial charge is 0.478 e. The van der Waals surface area contributed by atoms with Crippen molar-refractivity contribution in [2.75, 3.05) is 5.73 Å². The van der Waals surface area contributed by atoms with Crippen LogP contribution in [0.25, 0.3) is 0 Å². The van der Waals surface area contributed by atoms with Crippen LogP contribution in [0.3, 0.4) is 0 Å².